The van der Waals surface area contributed by atoms with Gasteiger partial charge in [0.25, 0.3) is 5.91 Å². The van der Waals surface area contributed by atoms with E-state index in [1.807, 2.05) is 51.1 Å². The van der Waals surface area contributed by atoms with Crippen LogP contribution in [0.4, 0.5) is 21.9 Å². The van der Waals surface area contributed by atoms with Crippen LogP contribution in [0.15, 0.2) is 51.7 Å². The van der Waals surface area contributed by atoms with Gasteiger partial charge < -0.3 is 38.8 Å². The van der Waals surface area contributed by atoms with E-state index in [1.54, 1.807) is 18.1 Å². The van der Waals surface area contributed by atoms with Crippen molar-refractivity contribution in [1.82, 2.24) is 9.80 Å². The fourth-order valence-electron chi connectivity index (χ4n) is 5.15. The minimum absolute atomic E-state index is 0.0598. The average molecular weight is 578 g/mol. The molecule has 0 saturated carbocycles. The monoisotopic (exact) mass is 577 g/mol. The maximum Gasteiger partial charge on any atom is 0.410 e. The average Bonchev–Trinajstić information content (AvgIpc) is 2.97. The molecule has 5 rings (SSSR count). The molecule has 224 valence electrons. The summed E-state index contributed by atoms with van der Waals surface area (Å²) in [7, 11) is 3.64. The van der Waals surface area contributed by atoms with E-state index in [4.69, 9.17) is 13.9 Å². The minimum atomic E-state index is -0.524. The van der Waals surface area contributed by atoms with Crippen molar-refractivity contribution in [3.8, 4) is 5.75 Å². The van der Waals surface area contributed by atoms with E-state index >= 15 is 0 Å². The first-order valence-corrected chi connectivity index (χ1v) is 14.2. The van der Waals surface area contributed by atoms with E-state index in [-0.39, 0.29) is 17.3 Å². The number of benzene rings is 2. The van der Waals surface area contributed by atoms with Gasteiger partial charge in [0.15, 0.2) is 16.8 Å². The lowest BCUT2D eigenvalue weighted by atomic mass is 10.1. The first-order valence-electron chi connectivity index (χ1n) is 14.2. The topological polar surface area (TPSA) is 108 Å². The molecule has 0 radical (unpaired) electrons. The normalized spacial score (nSPS) is 16.5. The fraction of sp³-hybridized carbons (Fsp3) is 0.452. The number of carbonyl (C=O) groups is 2. The molecule has 2 saturated heterocycles. The molecule has 0 atom stereocenters. The molecule has 42 heavy (non-hydrogen) atoms. The lowest BCUT2D eigenvalue weighted by Crippen LogP contribution is -2.50. The molecule has 0 spiro atoms. The Morgan fingerprint density at radius 3 is 2.14 bits per heavy atom. The Labute approximate surface area is 245 Å². The van der Waals surface area contributed by atoms with Crippen LogP contribution in [0.3, 0.4) is 0 Å². The van der Waals surface area contributed by atoms with Gasteiger partial charge in [-0.2, -0.15) is 0 Å². The zero-order valence-corrected chi connectivity index (χ0v) is 24.9. The highest BCUT2D eigenvalue weighted by atomic mass is 16.6. The molecule has 0 unspecified atom stereocenters. The van der Waals surface area contributed by atoms with Crippen LogP contribution in [0.1, 0.15) is 31.3 Å². The van der Waals surface area contributed by atoms with Gasteiger partial charge in [-0.25, -0.2) is 4.79 Å². The van der Waals surface area contributed by atoms with Gasteiger partial charge in [-0.15, -0.1) is 0 Å². The molecule has 1 N–H and O–H groups in total. The zero-order chi connectivity index (χ0) is 30.0. The summed E-state index contributed by atoms with van der Waals surface area (Å²) < 4.78 is 17.0. The number of ether oxygens (including phenoxy) is 2. The smallest absolute Gasteiger partial charge is 0.410 e. The van der Waals surface area contributed by atoms with E-state index in [1.165, 1.54) is 6.07 Å². The second-order valence-corrected chi connectivity index (χ2v) is 11.7. The summed E-state index contributed by atoms with van der Waals surface area (Å²) in [6.45, 7) is 11.3. The molecular formula is C31H39N5O6. The van der Waals surface area contributed by atoms with Crippen molar-refractivity contribution in [2.45, 2.75) is 26.4 Å². The first-order chi connectivity index (χ1) is 20.0. The highest BCUT2D eigenvalue weighted by Crippen LogP contribution is 2.32. The number of methoxy groups -OCH3 is 1. The van der Waals surface area contributed by atoms with E-state index in [2.05, 4.69) is 27.1 Å². The standard InChI is InChI=1S/C31H39N5O6/c1-31(2,3)42-30(39)36-16-14-34(15-17-36)22-8-6-21(7-9-22)32-29(38)27-20-26(37)24-18-23(40-5)19-25(28(24)41-27)35-12-10-33(4)11-13-35/h6-9,18-20H,10-17H2,1-5H3,(H,32,38). The summed E-state index contributed by atoms with van der Waals surface area (Å²) >= 11 is 0. The molecule has 11 nitrogen and oxygen atoms in total. The van der Waals surface area contributed by atoms with Crippen molar-refractivity contribution in [2.75, 3.05) is 81.6 Å². The van der Waals surface area contributed by atoms with Gasteiger partial charge in [0, 0.05) is 75.9 Å². The van der Waals surface area contributed by atoms with Crippen molar-refractivity contribution < 1.29 is 23.5 Å². The van der Waals surface area contributed by atoms with Crippen LogP contribution in [0, 0.1) is 0 Å². The van der Waals surface area contributed by atoms with E-state index in [0.717, 1.165) is 37.6 Å². The summed E-state index contributed by atoms with van der Waals surface area (Å²) in [4.78, 5) is 47.0. The van der Waals surface area contributed by atoms with Gasteiger partial charge >= 0.3 is 6.09 Å². The summed E-state index contributed by atoms with van der Waals surface area (Å²) in [6.07, 6.45) is -0.296. The predicted octanol–water partition coefficient (Wildman–Crippen LogP) is 3.86. The molecule has 2 aliphatic rings. The largest absolute Gasteiger partial charge is 0.497 e. The third kappa shape index (κ3) is 6.62. The van der Waals surface area contributed by atoms with Crippen LogP contribution in [0.2, 0.25) is 0 Å². The van der Waals surface area contributed by atoms with Crippen LogP contribution in [-0.4, -0.2) is 93.9 Å². The number of anilines is 3. The number of hydrogen-bond acceptors (Lipinski definition) is 9. The summed E-state index contributed by atoms with van der Waals surface area (Å²) in [6, 6.07) is 12.2. The van der Waals surface area contributed by atoms with E-state index < -0.39 is 11.5 Å². The van der Waals surface area contributed by atoms with Crippen molar-refractivity contribution in [1.29, 1.82) is 0 Å². The van der Waals surface area contributed by atoms with Gasteiger partial charge in [0.1, 0.15) is 11.4 Å². The number of nitrogens with zero attached hydrogens (tertiary/aromatic N) is 4. The molecule has 2 fully saturated rings. The van der Waals surface area contributed by atoms with Crippen LogP contribution in [0.25, 0.3) is 11.0 Å². The van der Waals surface area contributed by atoms with Crippen LogP contribution in [-0.2, 0) is 4.74 Å². The molecule has 2 aromatic carbocycles. The molecule has 3 aromatic rings. The number of hydrogen-bond donors (Lipinski definition) is 1. The van der Waals surface area contributed by atoms with Crippen molar-refractivity contribution in [3.05, 3.63) is 58.4 Å². The highest BCUT2D eigenvalue weighted by molar-refractivity contribution is 6.03. The number of nitrogens with one attached hydrogen (secondary N) is 1. The Bertz CT molecular complexity index is 1500. The number of amides is 2. The van der Waals surface area contributed by atoms with Crippen molar-refractivity contribution in [3.63, 3.8) is 0 Å². The lowest BCUT2D eigenvalue weighted by molar-refractivity contribution is 0.0240. The SMILES string of the molecule is COc1cc(N2CCN(C)CC2)c2oc(C(=O)Nc3ccc(N4CCN(C(=O)OC(C)(C)C)CC4)cc3)cc(=O)c2c1. The number of piperazine rings is 2. The van der Waals surface area contributed by atoms with Gasteiger partial charge in [-0.05, 0) is 58.2 Å². The second-order valence-electron chi connectivity index (χ2n) is 11.7. The van der Waals surface area contributed by atoms with E-state index in [0.29, 0.717) is 48.6 Å². The van der Waals surface area contributed by atoms with Crippen LogP contribution < -0.4 is 25.3 Å². The van der Waals surface area contributed by atoms with Crippen LogP contribution in [0.5, 0.6) is 5.75 Å². The third-order valence-electron chi connectivity index (χ3n) is 7.51. The predicted molar refractivity (Wildman–Crippen MR) is 163 cm³/mol. The molecule has 3 heterocycles. The molecule has 0 bridgehead atoms. The Hall–Kier alpha value is -4.25. The van der Waals surface area contributed by atoms with Gasteiger partial charge in [0.2, 0.25) is 0 Å². The molecule has 0 aliphatic carbocycles. The Morgan fingerprint density at radius 1 is 0.881 bits per heavy atom. The van der Waals surface area contributed by atoms with Gasteiger partial charge in [-0.1, -0.05) is 0 Å². The lowest BCUT2D eigenvalue weighted by Gasteiger charge is -2.36. The maximum absolute atomic E-state index is 13.2. The van der Waals surface area contributed by atoms with Gasteiger partial charge in [-0.3, -0.25) is 9.59 Å². The fourth-order valence-corrected chi connectivity index (χ4v) is 5.15. The molecule has 2 aliphatic heterocycles. The maximum atomic E-state index is 13.2. The van der Waals surface area contributed by atoms with Crippen molar-refractivity contribution in [2.24, 2.45) is 0 Å². The number of likely N-dealkylation sites (N-methyl/N-ethyl adjacent to an activating group) is 1. The van der Waals surface area contributed by atoms with Crippen molar-refractivity contribution >= 4 is 40.0 Å². The number of rotatable bonds is 5. The first kappa shape index (κ1) is 29.2. The zero-order valence-electron chi connectivity index (χ0n) is 24.9. The van der Waals surface area contributed by atoms with Gasteiger partial charge in [0.05, 0.1) is 18.2 Å². The Balaban J connectivity index is 1.28. The highest BCUT2D eigenvalue weighted by Gasteiger charge is 2.26. The summed E-state index contributed by atoms with van der Waals surface area (Å²) in [5, 5.41) is 3.22. The second kappa shape index (κ2) is 11.9. The quantitative estimate of drug-likeness (QED) is 0.484. The third-order valence-corrected chi connectivity index (χ3v) is 7.51. The summed E-state index contributed by atoms with van der Waals surface area (Å²) in [5.74, 6) is -0.00414. The molecular weight excluding hydrogens is 538 g/mol. The van der Waals surface area contributed by atoms with Crippen LogP contribution >= 0.6 is 0 Å². The summed E-state index contributed by atoms with van der Waals surface area (Å²) in [5.41, 5.74) is 1.84. The number of fused-ring (bicyclic) bond motifs is 1. The number of carbonyl (C=O) groups excluding carboxylic acids is 2. The molecule has 1 aromatic heterocycles. The minimum Gasteiger partial charge on any atom is -0.497 e. The Kier molecular flexibility index (Phi) is 8.31. The molecule has 2 amide bonds. The molecule has 11 heteroatoms. The van der Waals surface area contributed by atoms with E-state index in [9.17, 15) is 14.4 Å². The Morgan fingerprint density at radius 2 is 1.52 bits per heavy atom.